The van der Waals surface area contributed by atoms with Crippen molar-refractivity contribution in [3.8, 4) is 5.69 Å². The number of nitrogens with zero attached hydrogens (tertiary/aromatic N) is 3. The minimum absolute atomic E-state index is 0.0787. The highest BCUT2D eigenvalue weighted by molar-refractivity contribution is 6.30. The summed E-state index contributed by atoms with van der Waals surface area (Å²) in [4.78, 5) is 0. The fourth-order valence-corrected chi connectivity index (χ4v) is 1.91. The molecule has 0 N–H and O–H groups in total. The predicted octanol–water partition coefficient (Wildman–Crippen LogP) is 3.67. The van der Waals surface area contributed by atoms with Crippen molar-refractivity contribution >= 4 is 23.2 Å². The third-order valence-electron chi connectivity index (χ3n) is 2.33. The van der Waals surface area contributed by atoms with Crippen molar-refractivity contribution in [1.29, 1.82) is 0 Å². The van der Waals surface area contributed by atoms with E-state index in [1.807, 2.05) is 6.92 Å². The second-order valence-corrected chi connectivity index (χ2v) is 4.31. The van der Waals surface area contributed by atoms with E-state index in [1.165, 1.54) is 12.1 Å². The van der Waals surface area contributed by atoms with Crippen molar-refractivity contribution in [3.63, 3.8) is 0 Å². The quantitative estimate of drug-likeness (QED) is 0.855. The van der Waals surface area contributed by atoms with Gasteiger partial charge in [-0.15, -0.1) is 10.2 Å². The summed E-state index contributed by atoms with van der Waals surface area (Å²) in [5.74, 6) is 0.218. The first kappa shape index (κ1) is 12.3. The van der Waals surface area contributed by atoms with Crippen LogP contribution in [0.25, 0.3) is 5.69 Å². The average Bonchev–Trinajstić information content (AvgIpc) is 2.65. The van der Waals surface area contributed by atoms with Crippen LogP contribution in [-0.4, -0.2) is 14.8 Å². The molecule has 1 aromatic carbocycles. The maximum Gasteiger partial charge on any atom is 0.229 e. The molecule has 3 nitrogen and oxygen atoms in total. The van der Waals surface area contributed by atoms with E-state index >= 15 is 0 Å². The summed E-state index contributed by atoms with van der Waals surface area (Å²) in [6, 6.07) is 4.48. The number of aromatic nitrogens is 3. The molecule has 0 aliphatic heterocycles. The molecule has 2 aromatic rings. The standard InChI is InChI=1S/C11H10Cl2FN3/c1-2-3-10-15-16-11(13)17(10)7-4-5-8(12)9(14)6-7/h4-6H,2-3H2,1H3. The van der Waals surface area contributed by atoms with Gasteiger partial charge < -0.3 is 0 Å². The van der Waals surface area contributed by atoms with E-state index in [0.717, 1.165) is 12.8 Å². The molecule has 0 aliphatic carbocycles. The normalized spacial score (nSPS) is 10.8. The molecule has 0 unspecified atom stereocenters. The summed E-state index contributed by atoms with van der Waals surface area (Å²) in [6.07, 6.45) is 1.63. The molecule has 2 rings (SSSR count). The van der Waals surface area contributed by atoms with Gasteiger partial charge in [0.05, 0.1) is 10.7 Å². The molecule has 17 heavy (non-hydrogen) atoms. The highest BCUT2D eigenvalue weighted by atomic mass is 35.5. The lowest BCUT2D eigenvalue weighted by molar-refractivity contribution is 0.626. The topological polar surface area (TPSA) is 30.7 Å². The Labute approximate surface area is 108 Å². The van der Waals surface area contributed by atoms with Crippen molar-refractivity contribution in [2.24, 2.45) is 0 Å². The lowest BCUT2D eigenvalue weighted by Gasteiger charge is -2.07. The first-order valence-corrected chi connectivity index (χ1v) is 5.94. The summed E-state index contributed by atoms with van der Waals surface area (Å²) in [5, 5.41) is 8.04. The Hall–Kier alpha value is -1.13. The first-order chi connectivity index (χ1) is 8.13. The van der Waals surface area contributed by atoms with Gasteiger partial charge in [-0.05, 0) is 36.2 Å². The second kappa shape index (κ2) is 5.02. The Bertz CT molecular complexity index is 540. The lowest BCUT2D eigenvalue weighted by atomic mass is 10.2. The summed E-state index contributed by atoms with van der Waals surface area (Å²) >= 11 is 11.6. The molecule has 0 amide bonds. The summed E-state index contributed by atoms with van der Waals surface area (Å²) < 4.78 is 15.0. The van der Waals surface area contributed by atoms with E-state index in [1.54, 1.807) is 10.6 Å². The Morgan fingerprint density at radius 1 is 1.29 bits per heavy atom. The lowest BCUT2D eigenvalue weighted by Crippen LogP contribution is -2.01. The van der Waals surface area contributed by atoms with E-state index in [9.17, 15) is 4.39 Å². The molecule has 0 saturated carbocycles. The van der Waals surface area contributed by atoms with Gasteiger partial charge in [0, 0.05) is 6.42 Å². The molecule has 0 saturated heterocycles. The molecule has 1 aromatic heterocycles. The third kappa shape index (κ3) is 2.42. The smallest absolute Gasteiger partial charge is 0.229 e. The maximum atomic E-state index is 13.4. The monoisotopic (exact) mass is 273 g/mol. The van der Waals surface area contributed by atoms with Crippen LogP contribution in [0.5, 0.6) is 0 Å². The number of rotatable bonds is 3. The molecular formula is C11H10Cl2FN3. The minimum atomic E-state index is -0.489. The van der Waals surface area contributed by atoms with Crippen LogP contribution in [-0.2, 0) is 6.42 Å². The van der Waals surface area contributed by atoms with E-state index in [-0.39, 0.29) is 10.3 Å². The van der Waals surface area contributed by atoms with Crippen molar-refractivity contribution in [2.45, 2.75) is 19.8 Å². The molecule has 0 atom stereocenters. The van der Waals surface area contributed by atoms with Crippen LogP contribution in [0, 0.1) is 5.82 Å². The zero-order chi connectivity index (χ0) is 12.4. The highest BCUT2D eigenvalue weighted by Gasteiger charge is 2.12. The van der Waals surface area contributed by atoms with Crippen LogP contribution in [0.1, 0.15) is 19.2 Å². The Morgan fingerprint density at radius 3 is 2.71 bits per heavy atom. The molecule has 0 aliphatic rings. The molecule has 0 fully saturated rings. The van der Waals surface area contributed by atoms with Crippen LogP contribution < -0.4 is 0 Å². The number of benzene rings is 1. The third-order valence-corrected chi connectivity index (χ3v) is 2.88. The Morgan fingerprint density at radius 2 is 2.06 bits per heavy atom. The van der Waals surface area contributed by atoms with Crippen molar-refractivity contribution in [3.05, 3.63) is 40.1 Å². The SMILES string of the molecule is CCCc1nnc(Cl)n1-c1ccc(Cl)c(F)c1. The zero-order valence-electron chi connectivity index (χ0n) is 9.12. The largest absolute Gasteiger partial charge is 0.270 e. The van der Waals surface area contributed by atoms with Gasteiger partial charge in [0.25, 0.3) is 0 Å². The molecule has 0 spiro atoms. The molecule has 1 heterocycles. The van der Waals surface area contributed by atoms with Gasteiger partial charge >= 0.3 is 0 Å². The molecule has 0 radical (unpaired) electrons. The van der Waals surface area contributed by atoms with Gasteiger partial charge in [-0.1, -0.05) is 18.5 Å². The molecule has 6 heteroatoms. The minimum Gasteiger partial charge on any atom is -0.270 e. The number of hydrogen-bond acceptors (Lipinski definition) is 2. The average molecular weight is 274 g/mol. The first-order valence-electron chi connectivity index (χ1n) is 5.18. The van der Waals surface area contributed by atoms with Crippen LogP contribution >= 0.6 is 23.2 Å². The van der Waals surface area contributed by atoms with Gasteiger partial charge in [-0.2, -0.15) is 0 Å². The van der Waals surface area contributed by atoms with Gasteiger partial charge in [0.1, 0.15) is 11.6 Å². The van der Waals surface area contributed by atoms with E-state index < -0.39 is 5.82 Å². The zero-order valence-corrected chi connectivity index (χ0v) is 10.6. The fraction of sp³-hybridized carbons (Fsp3) is 0.273. The van der Waals surface area contributed by atoms with E-state index in [2.05, 4.69) is 10.2 Å². The van der Waals surface area contributed by atoms with E-state index in [0.29, 0.717) is 11.5 Å². The number of hydrogen-bond donors (Lipinski definition) is 0. The summed E-state index contributed by atoms with van der Waals surface area (Å²) in [6.45, 7) is 2.02. The second-order valence-electron chi connectivity index (χ2n) is 3.57. The van der Waals surface area contributed by atoms with Crippen LogP contribution in [0.2, 0.25) is 10.3 Å². The van der Waals surface area contributed by atoms with Gasteiger partial charge in [-0.3, -0.25) is 4.57 Å². The molecule has 0 bridgehead atoms. The van der Waals surface area contributed by atoms with Crippen LogP contribution in [0.3, 0.4) is 0 Å². The van der Waals surface area contributed by atoms with Crippen molar-refractivity contribution in [2.75, 3.05) is 0 Å². The molecular weight excluding hydrogens is 264 g/mol. The fourth-order valence-electron chi connectivity index (χ4n) is 1.56. The Balaban J connectivity index is 2.51. The molecule has 90 valence electrons. The van der Waals surface area contributed by atoms with E-state index in [4.69, 9.17) is 23.2 Å². The highest BCUT2D eigenvalue weighted by Crippen LogP contribution is 2.22. The van der Waals surface area contributed by atoms with Gasteiger partial charge in [0.2, 0.25) is 5.28 Å². The van der Waals surface area contributed by atoms with Gasteiger partial charge in [0.15, 0.2) is 0 Å². The van der Waals surface area contributed by atoms with Crippen molar-refractivity contribution in [1.82, 2.24) is 14.8 Å². The maximum absolute atomic E-state index is 13.4. The Kier molecular flexibility index (Phi) is 3.64. The number of halogens is 3. The van der Waals surface area contributed by atoms with Crippen LogP contribution in [0.4, 0.5) is 4.39 Å². The van der Waals surface area contributed by atoms with Crippen LogP contribution in [0.15, 0.2) is 18.2 Å². The number of aryl methyl sites for hydroxylation is 1. The summed E-state index contributed by atoms with van der Waals surface area (Å²) in [5.41, 5.74) is 0.574. The summed E-state index contributed by atoms with van der Waals surface area (Å²) in [7, 11) is 0. The van der Waals surface area contributed by atoms with Gasteiger partial charge in [-0.25, -0.2) is 4.39 Å². The van der Waals surface area contributed by atoms with Crippen molar-refractivity contribution < 1.29 is 4.39 Å². The predicted molar refractivity (Wildman–Crippen MR) is 65.3 cm³/mol.